The molecule has 1 aromatic heterocycles. The molecule has 22 heavy (non-hydrogen) atoms. The zero-order valence-corrected chi connectivity index (χ0v) is 12.8. The van der Waals surface area contributed by atoms with Crippen LogP contribution in [0.2, 0.25) is 0 Å². The summed E-state index contributed by atoms with van der Waals surface area (Å²) in [4.78, 5) is 30.0. The van der Waals surface area contributed by atoms with Crippen molar-refractivity contribution in [2.24, 2.45) is 0 Å². The fraction of sp³-hybridized carbons (Fsp3) is 0.412. The number of likely N-dealkylation sites (tertiary alicyclic amines) is 1. The third-order valence-electron chi connectivity index (χ3n) is 4.46. The topological polar surface area (TPSA) is 69.0 Å². The molecule has 1 fully saturated rings. The maximum absolute atomic E-state index is 11.4. The van der Waals surface area contributed by atoms with E-state index in [1.807, 2.05) is 6.07 Å². The van der Waals surface area contributed by atoms with E-state index in [1.54, 1.807) is 0 Å². The largest absolute Gasteiger partial charge is 0.325 e. The van der Waals surface area contributed by atoms with Crippen molar-refractivity contribution in [3.05, 3.63) is 68.5 Å². The summed E-state index contributed by atoms with van der Waals surface area (Å²) in [6.07, 6.45) is 2.26. The second-order valence-corrected chi connectivity index (χ2v) is 6.35. The molecule has 1 aliphatic rings. The Morgan fingerprint density at radius 1 is 1.18 bits per heavy atom. The van der Waals surface area contributed by atoms with Gasteiger partial charge in [-0.15, -0.1) is 0 Å². The number of nitrogens with zero attached hydrogens (tertiary/aromatic N) is 1. The van der Waals surface area contributed by atoms with Gasteiger partial charge in [-0.2, -0.15) is 0 Å². The lowest BCUT2D eigenvalue weighted by molar-refractivity contribution is 0.148. The van der Waals surface area contributed by atoms with E-state index in [9.17, 15) is 9.59 Å². The smallest absolute Gasteiger partial charge is 0.310 e. The molecule has 0 bridgehead atoms. The molecule has 1 saturated heterocycles. The van der Waals surface area contributed by atoms with Gasteiger partial charge in [-0.05, 0) is 24.9 Å². The summed E-state index contributed by atoms with van der Waals surface area (Å²) < 4.78 is 0. The zero-order valence-electron chi connectivity index (χ0n) is 12.8. The van der Waals surface area contributed by atoms with E-state index >= 15 is 0 Å². The minimum absolute atomic E-state index is 0.112. The van der Waals surface area contributed by atoms with Gasteiger partial charge in [0, 0.05) is 30.3 Å². The number of hydrogen-bond donors (Lipinski definition) is 2. The number of aromatic nitrogens is 2. The molecule has 2 N–H and O–H groups in total. The van der Waals surface area contributed by atoms with Gasteiger partial charge in [-0.3, -0.25) is 14.7 Å². The van der Waals surface area contributed by atoms with Crippen molar-refractivity contribution in [3.8, 4) is 0 Å². The molecule has 0 saturated carbocycles. The maximum Gasteiger partial charge on any atom is 0.325 e. The van der Waals surface area contributed by atoms with Gasteiger partial charge in [-0.25, -0.2) is 4.79 Å². The lowest BCUT2D eigenvalue weighted by atomic mass is 9.76. The van der Waals surface area contributed by atoms with Crippen LogP contribution in [0.25, 0.3) is 0 Å². The van der Waals surface area contributed by atoms with E-state index in [0.717, 1.165) is 25.9 Å². The van der Waals surface area contributed by atoms with Crippen LogP contribution in [0.4, 0.5) is 0 Å². The van der Waals surface area contributed by atoms with Gasteiger partial charge in [0.2, 0.25) is 0 Å². The normalized spacial score (nSPS) is 22.6. The Morgan fingerprint density at radius 2 is 1.95 bits per heavy atom. The van der Waals surface area contributed by atoms with Gasteiger partial charge in [-0.1, -0.05) is 37.3 Å². The molecule has 0 amide bonds. The van der Waals surface area contributed by atoms with Gasteiger partial charge in [0.25, 0.3) is 5.56 Å². The van der Waals surface area contributed by atoms with Gasteiger partial charge >= 0.3 is 5.69 Å². The third kappa shape index (κ3) is 3.20. The van der Waals surface area contributed by atoms with Crippen LogP contribution in [0.5, 0.6) is 0 Å². The number of aromatic amines is 2. The monoisotopic (exact) mass is 299 g/mol. The second kappa shape index (κ2) is 5.93. The summed E-state index contributed by atoms with van der Waals surface area (Å²) in [5.41, 5.74) is 1.35. The summed E-state index contributed by atoms with van der Waals surface area (Å²) in [5, 5.41) is 0. The first-order valence-corrected chi connectivity index (χ1v) is 7.66. The minimum Gasteiger partial charge on any atom is -0.310 e. The Labute approximate surface area is 129 Å². The van der Waals surface area contributed by atoms with E-state index in [1.165, 1.54) is 11.6 Å². The highest BCUT2D eigenvalue weighted by Crippen LogP contribution is 2.33. The molecular weight excluding hydrogens is 278 g/mol. The molecule has 1 atom stereocenters. The SMILES string of the molecule is C[C@]1(c2ccccc2)CCCN(Cc2cc(=O)[nH]c(=O)[nH]2)C1. The zero-order chi connectivity index (χ0) is 15.6. The maximum atomic E-state index is 11.4. The van der Waals surface area contributed by atoms with Gasteiger partial charge < -0.3 is 4.98 Å². The molecule has 2 aromatic rings. The van der Waals surface area contributed by atoms with Crippen molar-refractivity contribution >= 4 is 0 Å². The summed E-state index contributed by atoms with van der Waals surface area (Å²) in [6.45, 7) is 4.79. The molecule has 5 nitrogen and oxygen atoms in total. The van der Waals surface area contributed by atoms with Crippen molar-refractivity contribution in [1.82, 2.24) is 14.9 Å². The van der Waals surface area contributed by atoms with Gasteiger partial charge in [0.1, 0.15) is 0 Å². The Balaban J connectivity index is 1.78. The van der Waals surface area contributed by atoms with Crippen LogP contribution in [0, 0.1) is 0 Å². The predicted molar refractivity (Wildman–Crippen MR) is 86.0 cm³/mol. The molecule has 5 heteroatoms. The van der Waals surface area contributed by atoms with Crippen molar-refractivity contribution in [3.63, 3.8) is 0 Å². The van der Waals surface area contributed by atoms with Crippen LogP contribution in [0.3, 0.4) is 0 Å². The third-order valence-corrected chi connectivity index (χ3v) is 4.46. The highest BCUT2D eigenvalue weighted by atomic mass is 16.2. The summed E-state index contributed by atoms with van der Waals surface area (Å²) in [6, 6.07) is 12.0. The van der Waals surface area contributed by atoms with Crippen LogP contribution >= 0.6 is 0 Å². The Hall–Kier alpha value is -2.14. The molecule has 0 aliphatic carbocycles. The predicted octanol–water partition coefficient (Wildman–Crippen LogP) is 1.62. The van der Waals surface area contributed by atoms with Crippen molar-refractivity contribution in [1.29, 1.82) is 0 Å². The molecule has 2 heterocycles. The highest BCUT2D eigenvalue weighted by molar-refractivity contribution is 5.25. The Bertz CT molecular complexity index is 722. The van der Waals surface area contributed by atoms with Crippen molar-refractivity contribution in [2.45, 2.75) is 31.7 Å². The Kier molecular flexibility index (Phi) is 3.98. The van der Waals surface area contributed by atoms with E-state index < -0.39 is 5.69 Å². The van der Waals surface area contributed by atoms with Crippen LogP contribution < -0.4 is 11.2 Å². The fourth-order valence-corrected chi connectivity index (χ4v) is 3.40. The first-order valence-electron chi connectivity index (χ1n) is 7.66. The summed E-state index contributed by atoms with van der Waals surface area (Å²) in [5.74, 6) is 0. The lowest BCUT2D eigenvalue weighted by Crippen LogP contribution is -2.44. The average molecular weight is 299 g/mol. The highest BCUT2D eigenvalue weighted by Gasteiger charge is 2.32. The van der Waals surface area contributed by atoms with E-state index in [-0.39, 0.29) is 11.0 Å². The quantitative estimate of drug-likeness (QED) is 0.905. The van der Waals surface area contributed by atoms with Crippen LogP contribution in [-0.4, -0.2) is 28.0 Å². The number of H-pyrrole nitrogens is 2. The average Bonchev–Trinajstić information content (AvgIpc) is 2.47. The second-order valence-electron chi connectivity index (χ2n) is 6.35. The first-order chi connectivity index (χ1) is 10.5. The summed E-state index contributed by atoms with van der Waals surface area (Å²) >= 11 is 0. The number of piperidine rings is 1. The molecule has 0 spiro atoms. The van der Waals surface area contributed by atoms with Crippen molar-refractivity contribution in [2.75, 3.05) is 13.1 Å². The summed E-state index contributed by atoms with van der Waals surface area (Å²) in [7, 11) is 0. The fourth-order valence-electron chi connectivity index (χ4n) is 3.40. The molecule has 1 aliphatic heterocycles. The number of nitrogens with one attached hydrogen (secondary N) is 2. The molecular formula is C17H21N3O2. The van der Waals surface area contributed by atoms with Crippen LogP contribution in [0.1, 0.15) is 31.0 Å². The molecule has 1 aromatic carbocycles. The van der Waals surface area contributed by atoms with Gasteiger partial charge in [0.15, 0.2) is 0 Å². The molecule has 0 unspecified atom stereocenters. The van der Waals surface area contributed by atoms with Crippen LogP contribution in [0.15, 0.2) is 46.0 Å². The first kappa shape index (κ1) is 14.8. The number of hydrogen-bond acceptors (Lipinski definition) is 3. The molecule has 0 radical (unpaired) electrons. The van der Waals surface area contributed by atoms with Gasteiger partial charge in [0.05, 0.1) is 0 Å². The number of rotatable bonds is 3. The molecule has 3 rings (SSSR count). The number of benzene rings is 1. The Morgan fingerprint density at radius 3 is 2.68 bits per heavy atom. The molecule has 116 valence electrons. The standard InChI is InChI=1S/C17H21N3O2/c1-17(13-6-3-2-4-7-13)8-5-9-20(12-17)11-14-10-15(21)19-16(22)18-14/h2-4,6-7,10H,5,8-9,11-12H2,1H3,(H2,18,19,21,22)/t17-/m0/s1. The minimum atomic E-state index is -0.440. The van der Waals surface area contributed by atoms with E-state index in [4.69, 9.17) is 0 Å². The lowest BCUT2D eigenvalue weighted by Gasteiger charge is -2.41. The van der Waals surface area contributed by atoms with E-state index in [2.05, 4.69) is 46.1 Å². The van der Waals surface area contributed by atoms with Crippen molar-refractivity contribution < 1.29 is 0 Å². The van der Waals surface area contributed by atoms with E-state index in [0.29, 0.717) is 12.2 Å². The van der Waals surface area contributed by atoms with Crippen LogP contribution in [-0.2, 0) is 12.0 Å².